The molecule has 3 aromatic rings. The van der Waals surface area contributed by atoms with Crippen LogP contribution < -0.4 is 16.0 Å². The molecule has 3 rings (SSSR count). The molecule has 1 aromatic carbocycles. The second-order valence-corrected chi connectivity index (χ2v) is 7.62. The van der Waals surface area contributed by atoms with E-state index in [9.17, 15) is 14.4 Å². The summed E-state index contributed by atoms with van der Waals surface area (Å²) in [6, 6.07) is 12.7. The van der Waals surface area contributed by atoms with Gasteiger partial charge in [-0.15, -0.1) is 11.3 Å². The number of amides is 3. The number of thiophene rings is 1. The Morgan fingerprint density at radius 1 is 0.897 bits per heavy atom. The summed E-state index contributed by atoms with van der Waals surface area (Å²) in [5.41, 5.74) is 1.12. The van der Waals surface area contributed by atoms with E-state index in [1.807, 2.05) is 19.2 Å². The molecule has 150 valence electrons. The van der Waals surface area contributed by atoms with Crippen molar-refractivity contribution in [2.45, 2.75) is 19.9 Å². The van der Waals surface area contributed by atoms with Crippen molar-refractivity contribution < 1.29 is 18.8 Å². The molecule has 2 heterocycles. The molecule has 0 aliphatic rings. The molecule has 3 amide bonds. The largest absolute Gasteiger partial charge is 0.459 e. The number of anilines is 2. The standard InChI is InChI=1S/C21H21N3O4S/c1-13(2)18(24-20(26)17-6-4-12-29-17)21(27)23-15-9-7-14(8-10-15)22-19(25)16-5-3-11-28-16/h3-13,18H,1-2H3,(H,22,25)(H,23,27)(H,24,26). The number of carbonyl (C=O) groups is 3. The fourth-order valence-electron chi connectivity index (χ4n) is 2.61. The molecule has 0 saturated heterocycles. The molecule has 29 heavy (non-hydrogen) atoms. The predicted octanol–water partition coefficient (Wildman–Crippen LogP) is 3.99. The molecule has 0 aliphatic carbocycles. The minimum atomic E-state index is -0.678. The summed E-state index contributed by atoms with van der Waals surface area (Å²) < 4.78 is 5.05. The van der Waals surface area contributed by atoms with Gasteiger partial charge in [-0.05, 0) is 53.8 Å². The number of hydrogen-bond donors (Lipinski definition) is 3. The molecule has 3 N–H and O–H groups in total. The van der Waals surface area contributed by atoms with Crippen molar-refractivity contribution in [2.75, 3.05) is 10.6 Å². The van der Waals surface area contributed by atoms with Gasteiger partial charge in [-0.2, -0.15) is 0 Å². The Kier molecular flexibility index (Phi) is 6.46. The predicted molar refractivity (Wildman–Crippen MR) is 112 cm³/mol. The number of furan rings is 1. The van der Waals surface area contributed by atoms with Crippen LogP contribution in [0, 0.1) is 5.92 Å². The summed E-state index contributed by atoms with van der Waals surface area (Å²) in [4.78, 5) is 37.5. The average Bonchev–Trinajstić information content (AvgIpc) is 3.40. The lowest BCUT2D eigenvalue weighted by Crippen LogP contribution is -2.46. The summed E-state index contributed by atoms with van der Waals surface area (Å²) in [5.74, 6) is -0.820. The summed E-state index contributed by atoms with van der Waals surface area (Å²) in [6.07, 6.45) is 1.43. The van der Waals surface area contributed by atoms with Gasteiger partial charge in [-0.3, -0.25) is 14.4 Å². The van der Waals surface area contributed by atoms with Crippen LogP contribution in [-0.4, -0.2) is 23.8 Å². The highest BCUT2D eigenvalue weighted by molar-refractivity contribution is 7.12. The first kappa shape index (κ1) is 20.3. The van der Waals surface area contributed by atoms with Gasteiger partial charge in [0.2, 0.25) is 5.91 Å². The quantitative estimate of drug-likeness (QED) is 0.547. The third kappa shape index (κ3) is 5.32. The average molecular weight is 411 g/mol. The maximum Gasteiger partial charge on any atom is 0.291 e. The van der Waals surface area contributed by atoms with E-state index in [0.717, 1.165) is 0 Å². The van der Waals surface area contributed by atoms with E-state index in [1.165, 1.54) is 17.6 Å². The molecule has 1 atom stereocenters. The lowest BCUT2D eigenvalue weighted by atomic mass is 10.0. The van der Waals surface area contributed by atoms with Crippen molar-refractivity contribution in [1.82, 2.24) is 5.32 Å². The van der Waals surface area contributed by atoms with Gasteiger partial charge in [0.25, 0.3) is 11.8 Å². The molecule has 1 unspecified atom stereocenters. The maximum absolute atomic E-state index is 12.7. The molecule has 8 heteroatoms. The molecule has 2 aromatic heterocycles. The van der Waals surface area contributed by atoms with Gasteiger partial charge in [0.15, 0.2) is 5.76 Å². The summed E-state index contributed by atoms with van der Waals surface area (Å²) in [7, 11) is 0. The van der Waals surface area contributed by atoms with Crippen molar-refractivity contribution in [1.29, 1.82) is 0 Å². The molecule has 0 spiro atoms. The van der Waals surface area contributed by atoms with Crippen molar-refractivity contribution in [3.05, 3.63) is 70.8 Å². The normalized spacial score (nSPS) is 11.7. The smallest absolute Gasteiger partial charge is 0.291 e. The fourth-order valence-corrected chi connectivity index (χ4v) is 3.24. The SMILES string of the molecule is CC(C)C(NC(=O)c1cccs1)C(=O)Nc1ccc(NC(=O)c2ccco2)cc1. The Bertz CT molecular complexity index is 964. The first-order chi connectivity index (χ1) is 13.9. The lowest BCUT2D eigenvalue weighted by molar-refractivity contribution is -0.118. The zero-order chi connectivity index (χ0) is 20.8. The fraction of sp³-hybridized carbons (Fsp3) is 0.190. The van der Waals surface area contributed by atoms with Crippen molar-refractivity contribution in [3.8, 4) is 0 Å². The topological polar surface area (TPSA) is 100 Å². The van der Waals surface area contributed by atoms with Crippen LogP contribution in [0.25, 0.3) is 0 Å². The van der Waals surface area contributed by atoms with E-state index in [0.29, 0.717) is 16.3 Å². The van der Waals surface area contributed by atoms with Gasteiger partial charge < -0.3 is 20.4 Å². The highest BCUT2D eigenvalue weighted by Gasteiger charge is 2.25. The van der Waals surface area contributed by atoms with E-state index < -0.39 is 6.04 Å². The third-order valence-corrected chi connectivity index (χ3v) is 5.00. The minimum absolute atomic E-state index is 0.0919. The second kappa shape index (κ2) is 9.20. The monoisotopic (exact) mass is 411 g/mol. The van der Waals surface area contributed by atoms with Crippen molar-refractivity contribution in [3.63, 3.8) is 0 Å². The molecule has 7 nitrogen and oxygen atoms in total. The highest BCUT2D eigenvalue weighted by atomic mass is 32.1. The van der Waals surface area contributed by atoms with Crippen molar-refractivity contribution in [2.24, 2.45) is 5.92 Å². The molecule has 0 saturated carbocycles. The maximum atomic E-state index is 12.7. The lowest BCUT2D eigenvalue weighted by Gasteiger charge is -2.21. The van der Waals surface area contributed by atoms with Crippen LogP contribution in [0.1, 0.15) is 34.1 Å². The van der Waals surface area contributed by atoms with Gasteiger partial charge in [0.05, 0.1) is 11.1 Å². The van der Waals surface area contributed by atoms with E-state index in [1.54, 1.807) is 48.5 Å². The number of hydrogen-bond acceptors (Lipinski definition) is 5. The van der Waals surface area contributed by atoms with E-state index in [4.69, 9.17) is 4.42 Å². The highest BCUT2D eigenvalue weighted by Crippen LogP contribution is 2.17. The molecule has 0 radical (unpaired) electrons. The Balaban J connectivity index is 1.60. The van der Waals surface area contributed by atoms with Crippen LogP contribution in [0.5, 0.6) is 0 Å². The van der Waals surface area contributed by atoms with Crippen LogP contribution in [-0.2, 0) is 4.79 Å². The third-order valence-electron chi connectivity index (χ3n) is 4.14. The molecular weight excluding hydrogens is 390 g/mol. The van der Waals surface area contributed by atoms with Crippen LogP contribution in [0.15, 0.2) is 64.6 Å². The van der Waals surface area contributed by atoms with E-state index in [-0.39, 0.29) is 29.4 Å². The van der Waals surface area contributed by atoms with Gasteiger partial charge in [0.1, 0.15) is 6.04 Å². The Morgan fingerprint density at radius 3 is 2.14 bits per heavy atom. The van der Waals surface area contributed by atoms with Crippen LogP contribution in [0.3, 0.4) is 0 Å². The van der Waals surface area contributed by atoms with E-state index in [2.05, 4.69) is 16.0 Å². The number of carbonyl (C=O) groups excluding carboxylic acids is 3. The summed E-state index contributed by atoms with van der Waals surface area (Å²) in [6.45, 7) is 3.73. The van der Waals surface area contributed by atoms with Crippen molar-refractivity contribution >= 4 is 40.4 Å². The minimum Gasteiger partial charge on any atom is -0.459 e. The Morgan fingerprint density at radius 2 is 1.59 bits per heavy atom. The van der Waals surface area contributed by atoms with E-state index >= 15 is 0 Å². The van der Waals surface area contributed by atoms with Crippen LogP contribution in [0.4, 0.5) is 11.4 Å². The molecule has 0 fully saturated rings. The number of rotatable bonds is 7. The number of nitrogens with one attached hydrogen (secondary N) is 3. The summed E-state index contributed by atoms with van der Waals surface area (Å²) >= 11 is 1.32. The number of benzene rings is 1. The molecule has 0 bridgehead atoms. The summed E-state index contributed by atoms with van der Waals surface area (Å²) in [5, 5.41) is 10.1. The van der Waals surface area contributed by atoms with Crippen LogP contribution >= 0.6 is 11.3 Å². The zero-order valence-electron chi connectivity index (χ0n) is 16.0. The van der Waals surface area contributed by atoms with Gasteiger partial charge in [-0.1, -0.05) is 19.9 Å². The second-order valence-electron chi connectivity index (χ2n) is 6.67. The molecule has 0 aliphatic heterocycles. The molecular formula is C21H21N3O4S. The van der Waals surface area contributed by atoms with Gasteiger partial charge in [-0.25, -0.2) is 0 Å². The Labute approximate surface area is 172 Å². The first-order valence-corrected chi connectivity index (χ1v) is 9.92. The van der Waals surface area contributed by atoms with Gasteiger partial charge >= 0.3 is 0 Å². The van der Waals surface area contributed by atoms with Crippen LogP contribution in [0.2, 0.25) is 0 Å². The van der Waals surface area contributed by atoms with Gasteiger partial charge in [0, 0.05) is 11.4 Å². The first-order valence-electron chi connectivity index (χ1n) is 9.04. The Hall–Kier alpha value is -3.39. The zero-order valence-corrected chi connectivity index (χ0v) is 16.8.